The van der Waals surface area contributed by atoms with Crippen LogP contribution >= 0.6 is 15.9 Å². The van der Waals surface area contributed by atoms with Crippen molar-refractivity contribution in [1.29, 1.82) is 0 Å². The first kappa shape index (κ1) is 13.8. The smallest absolute Gasteiger partial charge is 0.136 e. The third-order valence-corrected chi connectivity index (χ3v) is 4.03. The van der Waals surface area contributed by atoms with Gasteiger partial charge in [-0.2, -0.15) is 0 Å². The van der Waals surface area contributed by atoms with E-state index in [9.17, 15) is 0 Å². The van der Waals surface area contributed by atoms with Gasteiger partial charge in [0.2, 0.25) is 0 Å². The van der Waals surface area contributed by atoms with E-state index < -0.39 is 0 Å². The van der Waals surface area contributed by atoms with E-state index in [1.165, 1.54) is 24.8 Å². The molecule has 0 aliphatic heterocycles. The molecule has 1 aromatic carbocycles. The Kier molecular flexibility index (Phi) is 5.03. The van der Waals surface area contributed by atoms with E-state index in [1.54, 1.807) is 0 Å². The average Bonchev–Trinajstić information content (AvgIpc) is 2.26. The first-order chi connectivity index (χ1) is 8.70. The maximum atomic E-state index is 5.98. The maximum absolute atomic E-state index is 5.98. The number of benzene rings is 1. The lowest BCUT2D eigenvalue weighted by Crippen LogP contribution is -2.20. The van der Waals surface area contributed by atoms with Crippen LogP contribution in [-0.4, -0.2) is 13.2 Å². The molecule has 4 heteroatoms. The molecule has 1 aromatic rings. The Morgan fingerprint density at radius 2 is 2.17 bits per heavy atom. The van der Waals surface area contributed by atoms with Crippen molar-refractivity contribution >= 4 is 15.9 Å². The molecule has 0 aromatic heterocycles. The number of nitrogens with two attached hydrogens (primary N) is 1. The molecule has 100 valence electrons. The summed E-state index contributed by atoms with van der Waals surface area (Å²) in [5.41, 5.74) is 2.37. The predicted octanol–water partition coefficient (Wildman–Crippen LogP) is 3.37. The summed E-state index contributed by atoms with van der Waals surface area (Å²) < 4.78 is 7.00. The van der Waals surface area contributed by atoms with Gasteiger partial charge in [0, 0.05) is 6.42 Å². The Morgan fingerprint density at radius 3 is 2.78 bits per heavy atom. The quantitative estimate of drug-likeness (QED) is 0.819. The summed E-state index contributed by atoms with van der Waals surface area (Å²) in [6.07, 6.45) is 4.71. The van der Waals surface area contributed by atoms with E-state index in [2.05, 4.69) is 39.8 Å². The van der Waals surface area contributed by atoms with Crippen molar-refractivity contribution in [1.82, 2.24) is 0 Å². The van der Waals surface area contributed by atoms with E-state index in [-0.39, 0.29) is 0 Å². The summed E-state index contributed by atoms with van der Waals surface area (Å²) >= 11 is 3.58. The van der Waals surface area contributed by atoms with Crippen LogP contribution < -0.4 is 10.6 Å². The zero-order valence-corrected chi connectivity index (χ0v) is 12.3. The van der Waals surface area contributed by atoms with E-state index in [4.69, 9.17) is 10.6 Å². The van der Waals surface area contributed by atoms with E-state index in [0.29, 0.717) is 6.61 Å². The van der Waals surface area contributed by atoms with Gasteiger partial charge in [-0.15, -0.1) is 0 Å². The number of halogens is 1. The van der Waals surface area contributed by atoms with E-state index >= 15 is 0 Å². The standard InChI is InChI=1S/C14H20BrNO2/c1-10-7-12(5-6-18-16)14(13(15)8-10)17-9-11-3-2-4-11/h7-8,11H,2-6,9,16H2,1H3. The number of hydrogen-bond donors (Lipinski definition) is 1. The molecule has 3 nitrogen and oxygen atoms in total. The molecule has 0 amide bonds. The largest absolute Gasteiger partial charge is 0.492 e. The highest BCUT2D eigenvalue weighted by Crippen LogP contribution is 2.33. The van der Waals surface area contributed by atoms with Crippen LogP contribution in [0.4, 0.5) is 0 Å². The van der Waals surface area contributed by atoms with Crippen molar-refractivity contribution in [2.75, 3.05) is 13.2 Å². The maximum Gasteiger partial charge on any atom is 0.136 e. The number of aryl methyl sites for hydroxylation is 1. The molecule has 2 rings (SSSR count). The Hall–Kier alpha value is -0.580. The Balaban J connectivity index is 2.08. The van der Waals surface area contributed by atoms with Gasteiger partial charge in [-0.1, -0.05) is 12.5 Å². The van der Waals surface area contributed by atoms with Crippen LogP contribution in [0.1, 0.15) is 30.4 Å². The summed E-state index contributed by atoms with van der Waals surface area (Å²) in [6.45, 7) is 3.40. The highest BCUT2D eigenvalue weighted by Gasteiger charge is 2.19. The monoisotopic (exact) mass is 313 g/mol. The summed E-state index contributed by atoms with van der Waals surface area (Å²) in [7, 11) is 0. The van der Waals surface area contributed by atoms with Gasteiger partial charge in [-0.05, 0) is 58.8 Å². The van der Waals surface area contributed by atoms with Gasteiger partial charge in [-0.3, -0.25) is 0 Å². The third kappa shape index (κ3) is 3.46. The Bertz CT molecular complexity index is 405. The van der Waals surface area contributed by atoms with Crippen molar-refractivity contribution in [3.63, 3.8) is 0 Å². The van der Waals surface area contributed by atoms with Gasteiger partial charge in [0.1, 0.15) is 5.75 Å². The van der Waals surface area contributed by atoms with Gasteiger partial charge >= 0.3 is 0 Å². The van der Waals surface area contributed by atoms with Gasteiger partial charge in [-0.25, -0.2) is 5.90 Å². The van der Waals surface area contributed by atoms with E-state index in [1.807, 2.05) is 0 Å². The fourth-order valence-corrected chi connectivity index (χ4v) is 2.91. The Morgan fingerprint density at radius 1 is 1.39 bits per heavy atom. The van der Waals surface area contributed by atoms with Crippen LogP contribution in [0.3, 0.4) is 0 Å². The molecule has 2 N–H and O–H groups in total. The second kappa shape index (κ2) is 6.55. The molecule has 0 unspecified atom stereocenters. The summed E-state index contributed by atoms with van der Waals surface area (Å²) in [5.74, 6) is 6.78. The first-order valence-electron chi connectivity index (χ1n) is 6.44. The van der Waals surface area contributed by atoms with Crippen LogP contribution in [0.15, 0.2) is 16.6 Å². The van der Waals surface area contributed by atoms with Crippen molar-refractivity contribution in [2.24, 2.45) is 11.8 Å². The SMILES string of the molecule is Cc1cc(Br)c(OCC2CCC2)c(CCON)c1. The minimum Gasteiger partial charge on any atom is -0.492 e. The minimum atomic E-state index is 0.510. The molecular weight excluding hydrogens is 294 g/mol. The third-order valence-electron chi connectivity index (χ3n) is 3.44. The number of ether oxygens (including phenoxy) is 1. The number of hydrogen-bond acceptors (Lipinski definition) is 3. The molecule has 1 aliphatic rings. The van der Waals surface area contributed by atoms with Crippen LogP contribution in [-0.2, 0) is 11.3 Å². The molecule has 1 saturated carbocycles. The number of rotatable bonds is 6. The molecule has 0 heterocycles. The molecule has 0 saturated heterocycles. The van der Waals surface area contributed by atoms with Crippen LogP contribution in [0.2, 0.25) is 0 Å². The van der Waals surface area contributed by atoms with Crippen molar-refractivity contribution in [3.05, 3.63) is 27.7 Å². The zero-order valence-electron chi connectivity index (χ0n) is 10.7. The minimum absolute atomic E-state index is 0.510. The molecule has 0 bridgehead atoms. The van der Waals surface area contributed by atoms with Crippen LogP contribution in [0.25, 0.3) is 0 Å². The highest BCUT2D eigenvalue weighted by molar-refractivity contribution is 9.10. The second-order valence-corrected chi connectivity index (χ2v) is 5.82. The fourth-order valence-electron chi connectivity index (χ4n) is 2.18. The normalized spacial score (nSPS) is 15.5. The van der Waals surface area contributed by atoms with Gasteiger partial charge in [0.25, 0.3) is 0 Å². The van der Waals surface area contributed by atoms with E-state index in [0.717, 1.165) is 34.7 Å². The molecule has 1 aliphatic carbocycles. The summed E-state index contributed by atoms with van der Waals surface area (Å²) in [5, 5.41) is 0. The van der Waals surface area contributed by atoms with Crippen molar-refractivity contribution in [2.45, 2.75) is 32.6 Å². The molecule has 0 spiro atoms. The van der Waals surface area contributed by atoms with Crippen molar-refractivity contribution < 1.29 is 9.57 Å². The van der Waals surface area contributed by atoms with Crippen molar-refractivity contribution in [3.8, 4) is 5.75 Å². The fraction of sp³-hybridized carbons (Fsp3) is 0.571. The predicted molar refractivity (Wildman–Crippen MR) is 75.6 cm³/mol. The topological polar surface area (TPSA) is 44.5 Å². The molecule has 0 atom stereocenters. The molecule has 0 radical (unpaired) electrons. The lowest BCUT2D eigenvalue weighted by Gasteiger charge is -2.26. The average molecular weight is 314 g/mol. The second-order valence-electron chi connectivity index (χ2n) is 4.96. The summed E-state index contributed by atoms with van der Waals surface area (Å²) in [6, 6.07) is 4.22. The van der Waals surface area contributed by atoms with Gasteiger partial charge in [0.05, 0.1) is 17.7 Å². The Labute approximate surface area is 117 Å². The molecule has 1 fully saturated rings. The molecule has 18 heavy (non-hydrogen) atoms. The summed E-state index contributed by atoms with van der Waals surface area (Å²) in [4.78, 5) is 4.67. The molecular formula is C14H20BrNO2. The lowest BCUT2D eigenvalue weighted by atomic mass is 9.86. The lowest BCUT2D eigenvalue weighted by molar-refractivity contribution is 0.139. The van der Waals surface area contributed by atoms with Gasteiger partial charge in [0.15, 0.2) is 0 Å². The van der Waals surface area contributed by atoms with Crippen LogP contribution in [0, 0.1) is 12.8 Å². The van der Waals surface area contributed by atoms with Gasteiger partial charge < -0.3 is 9.57 Å². The zero-order chi connectivity index (χ0) is 13.0. The first-order valence-corrected chi connectivity index (χ1v) is 7.23. The van der Waals surface area contributed by atoms with Crippen LogP contribution in [0.5, 0.6) is 5.75 Å². The highest BCUT2D eigenvalue weighted by atomic mass is 79.9.